The van der Waals surface area contributed by atoms with E-state index in [4.69, 9.17) is 34.2 Å². The summed E-state index contributed by atoms with van der Waals surface area (Å²) in [5.41, 5.74) is 6.21. The van der Waals surface area contributed by atoms with Gasteiger partial charge in [-0.3, -0.25) is 4.79 Å². The van der Waals surface area contributed by atoms with Crippen LogP contribution < -0.4 is 5.73 Å². The Morgan fingerprint density at radius 2 is 0.694 bits per heavy atom. The molecule has 0 aliphatic carbocycles. The first-order chi connectivity index (χ1) is 30.5. The third-order valence-corrected chi connectivity index (χ3v) is 11.9. The molecule has 0 saturated carbocycles. The normalized spacial score (nSPS) is 12.8. The number of carbonyl (C=O) groups excluding carboxylic acids is 1. The number of carbonyl (C=O) groups is 1. The van der Waals surface area contributed by atoms with E-state index in [1.807, 2.05) is 0 Å². The summed E-state index contributed by atoms with van der Waals surface area (Å²) in [6.07, 6.45) is 42.5. The third-order valence-electron chi connectivity index (χ3n) is 11.9. The molecule has 0 spiro atoms. The molecule has 3 N–H and O–H groups in total. The second-order valence-electron chi connectivity index (χ2n) is 18.3. The number of hydrogen-bond donors (Lipinski definition) is 2. The predicted octanol–water partition coefficient (Wildman–Crippen LogP) is 14.8. The molecule has 0 aliphatic heterocycles. The van der Waals surface area contributed by atoms with Crippen LogP contribution in [0.1, 0.15) is 272 Å². The summed E-state index contributed by atoms with van der Waals surface area (Å²) in [4.78, 5) is 12.6. The maximum Gasteiger partial charge on any atom is 0.305 e. The van der Waals surface area contributed by atoms with Gasteiger partial charge in [0, 0.05) is 32.8 Å². The lowest BCUT2D eigenvalue weighted by Gasteiger charge is -2.20. The van der Waals surface area contributed by atoms with E-state index in [2.05, 4.69) is 27.7 Å². The van der Waals surface area contributed by atoms with Gasteiger partial charge in [-0.2, -0.15) is 0 Å². The lowest BCUT2D eigenvalue weighted by atomic mass is 10.1. The SMILES string of the molecule is CCCCCCCCCCOC(CCCC(=O)OCC(N)COC(O)CCCC(OCCCCCCCCCC)OCCCCCCCCCC)OCCCCCCCCCC. The standard InChI is InChI=1S/C53H107NO8/c1-5-9-13-17-21-25-29-33-43-57-52(58-44-34-30-26-22-18-14-10-6-2)41-37-39-50(55)61-47-49(54)48-62-51(56)40-38-42-53(59-45-35-31-27-23-19-15-11-7-3)60-46-36-32-28-24-20-16-12-8-4/h49-50,52-53,55H,5-48,54H2,1-4H3. The van der Waals surface area contributed by atoms with Crippen molar-refractivity contribution in [3.63, 3.8) is 0 Å². The van der Waals surface area contributed by atoms with E-state index in [0.717, 1.165) is 32.1 Å². The summed E-state index contributed by atoms with van der Waals surface area (Å²) in [6.45, 7) is 12.0. The highest BCUT2D eigenvalue weighted by atomic mass is 16.7. The fraction of sp³-hybridized carbons (Fsp3) is 0.981. The van der Waals surface area contributed by atoms with Crippen molar-refractivity contribution in [2.24, 2.45) is 5.73 Å². The minimum Gasteiger partial charge on any atom is -0.464 e. The summed E-state index contributed by atoms with van der Waals surface area (Å²) < 4.78 is 35.9. The van der Waals surface area contributed by atoms with Gasteiger partial charge in [0.25, 0.3) is 0 Å². The summed E-state index contributed by atoms with van der Waals surface area (Å²) in [7, 11) is 0. The Morgan fingerprint density at radius 1 is 0.387 bits per heavy atom. The number of ether oxygens (including phenoxy) is 6. The fourth-order valence-electron chi connectivity index (χ4n) is 7.74. The first kappa shape index (κ1) is 61.2. The molecule has 0 heterocycles. The lowest BCUT2D eigenvalue weighted by Crippen LogP contribution is -2.34. The lowest BCUT2D eigenvalue weighted by molar-refractivity contribution is -0.154. The predicted molar refractivity (Wildman–Crippen MR) is 260 cm³/mol. The number of aliphatic hydroxyl groups excluding tert-OH is 1. The van der Waals surface area contributed by atoms with Gasteiger partial charge < -0.3 is 39.3 Å². The first-order valence-electron chi connectivity index (χ1n) is 27.1. The van der Waals surface area contributed by atoms with E-state index in [9.17, 15) is 9.90 Å². The van der Waals surface area contributed by atoms with Crippen molar-refractivity contribution in [2.75, 3.05) is 39.6 Å². The van der Waals surface area contributed by atoms with E-state index in [0.29, 0.717) is 58.5 Å². The minimum atomic E-state index is -0.939. The summed E-state index contributed by atoms with van der Waals surface area (Å²) in [5, 5.41) is 10.6. The Balaban J connectivity index is 4.46. The van der Waals surface area contributed by atoms with Gasteiger partial charge in [-0.1, -0.05) is 207 Å². The number of aliphatic hydroxyl groups is 1. The van der Waals surface area contributed by atoms with Gasteiger partial charge in [-0.15, -0.1) is 0 Å². The van der Waals surface area contributed by atoms with Gasteiger partial charge in [0.15, 0.2) is 18.9 Å². The Morgan fingerprint density at radius 3 is 1.03 bits per heavy atom. The van der Waals surface area contributed by atoms with Crippen molar-refractivity contribution in [3.05, 3.63) is 0 Å². The molecule has 372 valence electrons. The summed E-state index contributed by atoms with van der Waals surface area (Å²) in [5.74, 6) is -0.282. The molecule has 62 heavy (non-hydrogen) atoms. The third kappa shape index (κ3) is 47.2. The number of rotatable bonds is 53. The maximum absolute atomic E-state index is 12.6. The molecule has 9 nitrogen and oxygen atoms in total. The van der Waals surface area contributed by atoms with Crippen LogP contribution >= 0.6 is 0 Å². The van der Waals surface area contributed by atoms with Gasteiger partial charge in [0.1, 0.15) is 6.61 Å². The van der Waals surface area contributed by atoms with E-state index < -0.39 is 12.3 Å². The van der Waals surface area contributed by atoms with Crippen molar-refractivity contribution >= 4 is 5.97 Å². The second-order valence-corrected chi connectivity index (χ2v) is 18.3. The van der Waals surface area contributed by atoms with Crippen LogP contribution in [-0.2, 0) is 33.2 Å². The largest absolute Gasteiger partial charge is 0.464 e. The van der Waals surface area contributed by atoms with Gasteiger partial charge in [0.05, 0.1) is 12.6 Å². The molecule has 0 radical (unpaired) electrons. The average molecular weight is 886 g/mol. The van der Waals surface area contributed by atoms with Crippen molar-refractivity contribution in [3.8, 4) is 0 Å². The highest BCUT2D eigenvalue weighted by Crippen LogP contribution is 2.16. The van der Waals surface area contributed by atoms with E-state index in [1.54, 1.807) is 0 Å². The molecule has 0 bridgehead atoms. The maximum atomic E-state index is 12.6. The van der Waals surface area contributed by atoms with Crippen LogP contribution in [0.4, 0.5) is 0 Å². The van der Waals surface area contributed by atoms with E-state index in [-0.39, 0.29) is 31.8 Å². The molecule has 0 fully saturated rings. The van der Waals surface area contributed by atoms with E-state index in [1.165, 1.54) is 180 Å². The van der Waals surface area contributed by atoms with Crippen molar-refractivity contribution in [1.29, 1.82) is 0 Å². The van der Waals surface area contributed by atoms with Crippen molar-refractivity contribution < 1.29 is 38.3 Å². The number of unbranched alkanes of at least 4 members (excludes halogenated alkanes) is 28. The average Bonchev–Trinajstić information content (AvgIpc) is 3.27. The smallest absolute Gasteiger partial charge is 0.305 e. The molecular formula is C53H107NO8. The molecule has 0 aromatic rings. The second kappa shape index (κ2) is 51.2. The Labute approximate surface area is 385 Å². The van der Waals surface area contributed by atoms with Crippen molar-refractivity contribution in [2.45, 2.75) is 297 Å². The Kier molecular flexibility index (Phi) is 50.5. The summed E-state index contributed by atoms with van der Waals surface area (Å²) in [6, 6.07) is -0.510. The van der Waals surface area contributed by atoms with Crippen LogP contribution in [0.3, 0.4) is 0 Å². The van der Waals surface area contributed by atoms with Gasteiger partial charge in [0.2, 0.25) is 0 Å². The topological polar surface area (TPSA) is 119 Å². The highest BCUT2D eigenvalue weighted by Gasteiger charge is 2.16. The molecule has 0 aliphatic rings. The molecule has 2 unspecified atom stereocenters. The highest BCUT2D eigenvalue weighted by molar-refractivity contribution is 5.69. The molecule has 0 aromatic carbocycles. The molecule has 0 saturated heterocycles. The van der Waals surface area contributed by atoms with Gasteiger partial charge in [-0.05, 0) is 57.8 Å². The van der Waals surface area contributed by atoms with Gasteiger partial charge >= 0.3 is 5.97 Å². The van der Waals surface area contributed by atoms with Gasteiger partial charge in [-0.25, -0.2) is 0 Å². The van der Waals surface area contributed by atoms with Crippen LogP contribution in [0.2, 0.25) is 0 Å². The zero-order chi connectivity index (χ0) is 45.2. The van der Waals surface area contributed by atoms with Crippen LogP contribution in [0.25, 0.3) is 0 Å². The van der Waals surface area contributed by atoms with E-state index >= 15 is 0 Å². The van der Waals surface area contributed by atoms with Crippen LogP contribution in [-0.4, -0.2) is 75.6 Å². The number of hydrogen-bond acceptors (Lipinski definition) is 9. The molecule has 0 amide bonds. The van der Waals surface area contributed by atoms with Crippen molar-refractivity contribution in [1.82, 2.24) is 0 Å². The zero-order valence-electron chi connectivity index (χ0n) is 41.8. The minimum absolute atomic E-state index is 0.0557. The molecular weight excluding hydrogens is 779 g/mol. The monoisotopic (exact) mass is 886 g/mol. The Bertz CT molecular complexity index is 821. The Hall–Kier alpha value is -0.810. The molecule has 0 rings (SSSR count). The molecule has 2 atom stereocenters. The quantitative estimate of drug-likeness (QED) is 0.0350. The van der Waals surface area contributed by atoms with Crippen LogP contribution in [0, 0.1) is 0 Å². The van der Waals surface area contributed by atoms with Crippen LogP contribution in [0.5, 0.6) is 0 Å². The molecule has 9 heteroatoms. The van der Waals surface area contributed by atoms with Crippen LogP contribution in [0.15, 0.2) is 0 Å². The fourth-order valence-corrected chi connectivity index (χ4v) is 7.74. The molecule has 0 aromatic heterocycles. The first-order valence-corrected chi connectivity index (χ1v) is 27.1. The summed E-state index contributed by atoms with van der Waals surface area (Å²) >= 11 is 0. The number of nitrogens with two attached hydrogens (primary N) is 1. The zero-order valence-corrected chi connectivity index (χ0v) is 41.8. The number of esters is 1.